The third-order valence-electron chi connectivity index (χ3n) is 3.33. The van der Waals surface area contributed by atoms with Gasteiger partial charge < -0.3 is 0 Å². The van der Waals surface area contributed by atoms with E-state index in [2.05, 4.69) is 27.7 Å². The third-order valence-corrected chi connectivity index (χ3v) is 3.33. The molecular formula is C10H19F. The Hall–Kier alpha value is -0.0700. The van der Waals surface area contributed by atoms with E-state index in [0.29, 0.717) is 0 Å². The molecule has 0 aromatic rings. The molecule has 0 heterocycles. The van der Waals surface area contributed by atoms with Crippen molar-refractivity contribution in [2.24, 2.45) is 10.8 Å². The van der Waals surface area contributed by atoms with Gasteiger partial charge in [-0.1, -0.05) is 27.7 Å². The lowest BCUT2D eigenvalue weighted by Gasteiger charge is -2.55. The number of hydrogen-bond acceptors (Lipinski definition) is 0. The van der Waals surface area contributed by atoms with Crippen molar-refractivity contribution in [1.29, 1.82) is 0 Å². The number of halogens is 1. The first-order valence-electron chi connectivity index (χ1n) is 4.35. The topological polar surface area (TPSA) is 0 Å². The molecule has 0 saturated heterocycles. The number of rotatable bonds is 0. The van der Waals surface area contributed by atoms with E-state index in [1.807, 2.05) is 0 Å². The van der Waals surface area contributed by atoms with Crippen molar-refractivity contribution in [3.63, 3.8) is 0 Å². The van der Waals surface area contributed by atoms with Crippen LogP contribution in [0.1, 0.15) is 47.5 Å². The van der Waals surface area contributed by atoms with Crippen LogP contribution in [-0.4, -0.2) is 5.67 Å². The quantitative estimate of drug-likeness (QED) is 0.505. The molecule has 0 aromatic carbocycles. The van der Waals surface area contributed by atoms with Gasteiger partial charge in [0.05, 0.1) is 0 Å². The summed E-state index contributed by atoms with van der Waals surface area (Å²) in [5.41, 5.74) is -0.420. The van der Waals surface area contributed by atoms with Gasteiger partial charge in [-0.3, -0.25) is 0 Å². The minimum atomic E-state index is -0.887. The highest BCUT2D eigenvalue weighted by atomic mass is 19.1. The van der Waals surface area contributed by atoms with Crippen LogP contribution in [0.3, 0.4) is 0 Å². The maximum Gasteiger partial charge on any atom is 0.109 e. The first-order valence-corrected chi connectivity index (χ1v) is 4.35. The molecule has 0 radical (unpaired) electrons. The summed E-state index contributed by atoms with van der Waals surface area (Å²) in [5, 5.41) is 0. The van der Waals surface area contributed by atoms with Crippen LogP contribution >= 0.6 is 0 Å². The van der Waals surface area contributed by atoms with Crippen molar-refractivity contribution in [1.82, 2.24) is 0 Å². The van der Waals surface area contributed by atoms with Gasteiger partial charge in [0.1, 0.15) is 5.67 Å². The van der Waals surface area contributed by atoms with Crippen LogP contribution in [0.4, 0.5) is 4.39 Å². The van der Waals surface area contributed by atoms with Crippen molar-refractivity contribution in [2.75, 3.05) is 0 Å². The Morgan fingerprint density at radius 1 is 1.09 bits per heavy atom. The zero-order valence-corrected chi connectivity index (χ0v) is 8.29. The van der Waals surface area contributed by atoms with Gasteiger partial charge >= 0.3 is 0 Å². The summed E-state index contributed by atoms with van der Waals surface area (Å²) in [5.74, 6) is 0. The molecule has 0 atom stereocenters. The van der Waals surface area contributed by atoms with Crippen LogP contribution in [0.15, 0.2) is 0 Å². The lowest BCUT2D eigenvalue weighted by Crippen LogP contribution is -2.52. The van der Waals surface area contributed by atoms with Crippen LogP contribution in [0.25, 0.3) is 0 Å². The van der Waals surface area contributed by atoms with Gasteiger partial charge in [0.2, 0.25) is 0 Å². The molecule has 11 heavy (non-hydrogen) atoms. The summed E-state index contributed by atoms with van der Waals surface area (Å²) in [6, 6.07) is 0. The van der Waals surface area contributed by atoms with Gasteiger partial charge in [0.25, 0.3) is 0 Å². The molecule has 0 bridgehead atoms. The first-order chi connectivity index (χ1) is 4.66. The zero-order valence-electron chi connectivity index (χ0n) is 8.29. The monoisotopic (exact) mass is 158 g/mol. The van der Waals surface area contributed by atoms with Gasteiger partial charge in [-0.15, -0.1) is 0 Å². The summed E-state index contributed by atoms with van der Waals surface area (Å²) in [6.07, 6.45) is 1.45. The molecule has 0 aromatic heterocycles. The standard InChI is InChI=1S/C10H19F/c1-8(2,3)9(4)6-10(5,11)7-9/h6-7H2,1-5H3. The SMILES string of the molecule is CC1(F)CC(C)(C(C)(C)C)C1. The Balaban J connectivity index is 2.64. The maximum atomic E-state index is 13.2. The molecular weight excluding hydrogens is 139 g/mol. The fourth-order valence-corrected chi connectivity index (χ4v) is 2.11. The van der Waals surface area contributed by atoms with Crippen LogP contribution in [0, 0.1) is 10.8 Å². The summed E-state index contributed by atoms with van der Waals surface area (Å²) in [6.45, 7) is 10.5. The highest BCUT2D eigenvalue weighted by molar-refractivity contribution is 5.04. The highest BCUT2D eigenvalue weighted by Crippen LogP contribution is 2.59. The Labute approximate surface area is 69.2 Å². The molecule has 0 aliphatic heterocycles. The third kappa shape index (κ3) is 1.43. The van der Waals surface area contributed by atoms with Gasteiger partial charge in [-0.25, -0.2) is 4.39 Å². The molecule has 1 aliphatic rings. The maximum absolute atomic E-state index is 13.2. The second-order valence-electron chi connectivity index (χ2n) is 5.58. The summed E-state index contributed by atoms with van der Waals surface area (Å²) < 4.78 is 13.2. The Morgan fingerprint density at radius 2 is 1.45 bits per heavy atom. The fourth-order valence-electron chi connectivity index (χ4n) is 2.11. The van der Waals surface area contributed by atoms with Crippen LogP contribution in [-0.2, 0) is 0 Å². The smallest absolute Gasteiger partial charge is 0.109 e. The minimum absolute atomic E-state index is 0.219. The van der Waals surface area contributed by atoms with Crippen LogP contribution < -0.4 is 0 Å². The first kappa shape index (κ1) is 9.02. The molecule has 0 spiro atoms. The molecule has 66 valence electrons. The molecule has 0 N–H and O–H groups in total. The van der Waals surface area contributed by atoms with E-state index in [1.54, 1.807) is 6.92 Å². The molecule has 1 saturated carbocycles. The average molecular weight is 158 g/mol. The zero-order chi connectivity index (χ0) is 8.91. The van der Waals surface area contributed by atoms with E-state index in [9.17, 15) is 4.39 Å². The van der Waals surface area contributed by atoms with E-state index >= 15 is 0 Å². The average Bonchev–Trinajstić information content (AvgIpc) is 1.55. The number of hydrogen-bond donors (Lipinski definition) is 0. The molecule has 0 unspecified atom stereocenters. The van der Waals surface area contributed by atoms with E-state index in [0.717, 1.165) is 12.8 Å². The van der Waals surface area contributed by atoms with Gasteiger partial charge in [-0.2, -0.15) is 0 Å². The largest absolute Gasteiger partial charge is 0.244 e. The van der Waals surface area contributed by atoms with Crippen molar-refractivity contribution in [3.05, 3.63) is 0 Å². The van der Waals surface area contributed by atoms with Crippen molar-refractivity contribution < 1.29 is 4.39 Å². The van der Waals surface area contributed by atoms with Crippen LogP contribution in [0.2, 0.25) is 0 Å². The molecule has 1 heteroatoms. The van der Waals surface area contributed by atoms with Gasteiger partial charge in [-0.05, 0) is 30.6 Å². The fraction of sp³-hybridized carbons (Fsp3) is 1.00. The summed E-state index contributed by atoms with van der Waals surface area (Å²) in [4.78, 5) is 0. The Morgan fingerprint density at radius 3 is 1.55 bits per heavy atom. The molecule has 1 aliphatic carbocycles. The second-order valence-corrected chi connectivity index (χ2v) is 5.58. The van der Waals surface area contributed by atoms with Gasteiger partial charge in [0, 0.05) is 0 Å². The van der Waals surface area contributed by atoms with Crippen molar-refractivity contribution >= 4 is 0 Å². The molecule has 0 nitrogen and oxygen atoms in total. The lowest BCUT2D eigenvalue weighted by atomic mass is 9.51. The highest BCUT2D eigenvalue weighted by Gasteiger charge is 2.54. The Kier molecular flexibility index (Phi) is 1.64. The normalized spacial score (nSPS) is 45.3. The minimum Gasteiger partial charge on any atom is -0.244 e. The van der Waals surface area contributed by atoms with E-state index in [-0.39, 0.29) is 10.8 Å². The molecule has 0 amide bonds. The Bertz CT molecular complexity index is 154. The van der Waals surface area contributed by atoms with E-state index in [4.69, 9.17) is 0 Å². The van der Waals surface area contributed by atoms with Crippen molar-refractivity contribution in [3.8, 4) is 0 Å². The van der Waals surface area contributed by atoms with Crippen LogP contribution in [0.5, 0.6) is 0 Å². The summed E-state index contributed by atoms with van der Waals surface area (Å²) >= 11 is 0. The predicted molar refractivity (Wildman–Crippen MR) is 46.3 cm³/mol. The second kappa shape index (κ2) is 1.99. The molecule has 1 rings (SSSR count). The van der Waals surface area contributed by atoms with Crippen molar-refractivity contribution in [2.45, 2.75) is 53.1 Å². The predicted octanol–water partition coefficient (Wildman–Crippen LogP) is 3.56. The summed E-state index contributed by atoms with van der Waals surface area (Å²) in [7, 11) is 0. The van der Waals surface area contributed by atoms with E-state index < -0.39 is 5.67 Å². The van der Waals surface area contributed by atoms with Gasteiger partial charge in [0.15, 0.2) is 0 Å². The lowest BCUT2D eigenvalue weighted by molar-refractivity contribution is -0.107. The number of alkyl halides is 1. The van der Waals surface area contributed by atoms with E-state index in [1.165, 1.54) is 0 Å². The molecule has 1 fully saturated rings.